The molecule has 1 spiro atoms. The third-order valence-corrected chi connectivity index (χ3v) is 11.7. The van der Waals surface area contributed by atoms with Crippen LogP contribution in [0.25, 0.3) is 11.1 Å². The highest BCUT2D eigenvalue weighted by Gasteiger charge is 2.42. The van der Waals surface area contributed by atoms with E-state index in [1.165, 1.54) is 91.1 Å². The molecule has 44 heavy (non-hydrogen) atoms. The first-order chi connectivity index (χ1) is 21.4. The van der Waals surface area contributed by atoms with Gasteiger partial charge in [-0.15, -0.1) is 0 Å². The fourth-order valence-electron chi connectivity index (χ4n) is 8.95. The number of amides is 1. The van der Waals surface area contributed by atoms with Crippen molar-refractivity contribution < 1.29 is 4.79 Å². The van der Waals surface area contributed by atoms with Gasteiger partial charge in [0, 0.05) is 94.4 Å². The molecule has 3 fully saturated rings. The maximum atomic E-state index is 12.5. The average Bonchev–Trinajstić information content (AvgIpc) is 3.63. The van der Waals surface area contributed by atoms with Crippen molar-refractivity contribution in [3.05, 3.63) is 46.9 Å². The first-order valence-electron chi connectivity index (χ1n) is 17.1. The lowest BCUT2D eigenvalue weighted by Crippen LogP contribution is -2.57. The number of aryl methyl sites for hydroxylation is 3. The van der Waals surface area contributed by atoms with Gasteiger partial charge in [-0.1, -0.05) is 0 Å². The van der Waals surface area contributed by atoms with Crippen LogP contribution in [0.3, 0.4) is 0 Å². The third-order valence-electron chi connectivity index (χ3n) is 11.7. The molecule has 9 heteroatoms. The van der Waals surface area contributed by atoms with Crippen molar-refractivity contribution in [1.82, 2.24) is 34.7 Å². The Kier molecular flexibility index (Phi) is 7.09. The molecular weight excluding hydrogens is 548 g/mol. The highest BCUT2D eigenvalue weighted by Crippen LogP contribution is 2.44. The normalized spacial score (nSPS) is 22.6. The number of carbonyl (C=O) groups excluding carboxylic acids is 1. The summed E-state index contributed by atoms with van der Waals surface area (Å²) < 4.78 is 4.29. The molecule has 6 heterocycles. The van der Waals surface area contributed by atoms with Crippen LogP contribution < -0.4 is 10.2 Å². The van der Waals surface area contributed by atoms with Gasteiger partial charge >= 0.3 is 0 Å². The van der Waals surface area contributed by atoms with E-state index in [9.17, 15) is 4.79 Å². The molecule has 1 aliphatic carbocycles. The molecule has 2 aromatic heterocycles. The molecular formula is C35H48N8O. The minimum absolute atomic E-state index is 0.158. The number of hydrogen-bond donors (Lipinski definition) is 1. The Morgan fingerprint density at radius 3 is 2.48 bits per heavy atom. The van der Waals surface area contributed by atoms with Crippen molar-refractivity contribution in [3.63, 3.8) is 0 Å². The summed E-state index contributed by atoms with van der Waals surface area (Å²) in [6.45, 7) is 11.2. The van der Waals surface area contributed by atoms with Crippen molar-refractivity contribution in [2.24, 2.45) is 12.5 Å². The number of piperidine rings is 1. The number of rotatable bonds is 4. The summed E-state index contributed by atoms with van der Waals surface area (Å²) in [6.07, 6.45) is 15.0. The minimum atomic E-state index is 0.158. The average molecular weight is 597 g/mol. The minimum Gasteiger partial charge on any atom is -0.338 e. The van der Waals surface area contributed by atoms with Gasteiger partial charge in [0.1, 0.15) is 0 Å². The fourth-order valence-corrected chi connectivity index (χ4v) is 8.95. The van der Waals surface area contributed by atoms with Crippen molar-refractivity contribution in [3.8, 4) is 11.1 Å². The SMILES string of the molecule is CC(=O)N1CCc2c(c(N3CCCc4cc(-c5cnn(C)c5)c(C)cc43)nn2C2CCN(C3CCC4(CC3)CNC4)CC2)C1. The van der Waals surface area contributed by atoms with Crippen LogP contribution >= 0.6 is 0 Å². The van der Waals surface area contributed by atoms with Crippen LogP contribution in [0.15, 0.2) is 24.5 Å². The topological polar surface area (TPSA) is 74.5 Å². The molecule has 0 bridgehead atoms. The molecule has 1 aromatic carbocycles. The monoisotopic (exact) mass is 596 g/mol. The zero-order chi connectivity index (χ0) is 30.0. The van der Waals surface area contributed by atoms with Crippen molar-refractivity contribution in [2.45, 2.75) is 90.3 Å². The summed E-state index contributed by atoms with van der Waals surface area (Å²) in [5, 5.41) is 13.4. The van der Waals surface area contributed by atoms with Gasteiger partial charge < -0.3 is 20.0 Å². The van der Waals surface area contributed by atoms with Crippen LogP contribution in [0.4, 0.5) is 11.5 Å². The van der Waals surface area contributed by atoms with Crippen LogP contribution in [-0.4, -0.2) is 80.6 Å². The summed E-state index contributed by atoms with van der Waals surface area (Å²) in [7, 11) is 1.98. The molecule has 8 rings (SSSR count). The standard InChI is InChI=1S/C35H48N8O/c1-24-17-33-26(18-30(24)27-19-37-39(3)20-27)5-4-13-42(33)34-31-21-41(25(2)44)16-10-32(31)43(38-34)29-8-14-40(15-9-29)28-6-11-35(12-7-28)22-36-23-35/h17-20,28-29,36H,4-16,21-23H2,1-3H3. The van der Waals surface area contributed by atoms with Crippen molar-refractivity contribution in [2.75, 3.05) is 44.2 Å². The van der Waals surface area contributed by atoms with Crippen LogP contribution in [0.5, 0.6) is 0 Å². The van der Waals surface area contributed by atoms with E-state index < -0.39 is 0 Å². The van der Waals surface area contributed by atoms with E-state index >= 15 is 0 Å². The van der Waals surface area contributed by atoms with Gasteiger partial charge in [0.25, 0.3) is 0 Å². The number of carbonyl (C=O) groups is 1. The van der Waals surface area contributed by atoms with Crippen LogP contribution in [-0.2, 0) is 31.2 Å². The summed E-state index contributed by atoms with van der Waals surface area (Å²) in [5.41, 5.74) is 9.60. The van der Waals surface area contributed by atoms with E-state index in [0.29, 0.717) is 18.0 Å². The zero-order valence-corrected chi connectivity index (χ0v) is 26.8. The lowest BCUT2D eigenvalue weighted by Gasteiger charge is -2.50. The third kappa shape index (κ3) is 4.87. The number of nitrogens with one attached hydrogen (secondary N) is 1. The first-order valence-corrected chi connectivity index (χ1v) is 17.1. The van der Waals surface area contributed by atoms with Gasteiger partial charge in [0.15, 0.2) is 5.82 Å². The molecule has 1 saturated carbocycles. The van der Waals surface area contributed by atoms with E-state index in [1.807, 2.05) is 22.8 Å². The molecule has 1 N–H and O–H groups in total. The lowest BCUT2D eigenvalue weighted by atomic mass is 9.68. The number of likely N-dealkylation sites (tertiary alicyclic amines) is 1. The second kappa shape index (κ2) is 11.0. The summed E-state index contributed by atoms with van der Waals surface area (Å²) in [6, 6.07) is 5.93. The van der Waals surface area contributed by atoms with E-state index in [1.54, 1.807) is 6.92 Å². The predicted octanol–water partition coefficient (Wildman–Crippen LogP) is 4.75. The smallest absolute Gasteiger partial charge is 0.219 e. The molecule has 5 aliphatic rings. The molecule has 3 aromatic rings. The maximum Gasteiger partial charge on any atom is 0.219 e. The second-order valence-electron chi connectivity index (χ2n) is 14.4. The van der Waals surface area contributed by atoms with Gasteiger partial charge in [0.05, 0.1) is 18.8 Å². The quantitative estimate of drug-likeness (QED) is 0.469. The first kappa shape index (κ1) is 28.3. The number of aromatic nitrogens is 4. The summed E-state index contributed by atoms with van der Waals surface area (Å²) in [5.74, 6) is 1.24. The number of anilines is 2. The van der Waals surface area contributed by atoms with E-state index in [2.05, 4.69) is 50.2 Å². The Hall–Kier alpha value is -3.17. The van der Waals surface area contributed by atoms with Gasteiger partial charge in [-0.3, -0.25) is 14.2 Å². The van der Waals surface area contributed by atoms with E-state index in [4.69, 9.17) is 5.10 Å². The predicted molar refractivity (Wildman–Crippen MR) is 173 cm³/mol. The molecule has 2 saturated heterocycles. The fraction of sp³-hybridized carbons (Fsp3) is 0.629. The van der Waals surface area contributed by atoms with E-state index in [-0.39, 0.29) is 5.91 Å². The highest BCUT2D eigenvalue weighted by atomic mass is 16.2. The van der Waals surface area contributed by atoms with Crippen LogP contribution in [0, 0.1) is 12.3 Å². The van der Waals surface area contributed by atoms with Crippen LogP contribution in [0.2, 0.25) is 0 Å². The van der Waals surface area contributed by atoms with E-state index in [0.717, 1.165) is 57.1 Å². The zero-order valence-electron chi connectivity index (χ0n) is 26.8. The lowest BCUT2D eigenvalue weighted by molar-refractivity contribution is -0.129. The number of hydrogen-bond acceptors (Lipinski definition) is 6. The molecule has 0 radical (unpaired) electrons. The second-order valence-corrected chi connectivity index (χ2v) is 14.4. The van der Waals surface area contributed by atoms with Crippen molar-refractivity contribution >= 4 is 17.4 Å². The Morgan fingerprint density at radius 2 is 1.80 bits per heavy atom. The molecule has 0 unspecified atom stereocenters. The maximum absolute atomic E-state index is 12.5. The van der Waals surface area contributed by atoms with Gasteiger partial charge in [-0.05, 0) is 92.5 Å². The highest BCUT2D eigenvalue weighted by molar-refractivity contribution is 5.77. The Balaban J connectivity index is 1.07. The number of nitrogens with zero attached hydrogens (tertiary/aromatic N) is 7. The summed E-state index contributed by atoms with van der Waals surface area (Å²) >= 11 is 0. The Bertz CT molecular complexity index is 1550. The molecule has 1 amide bonds. The number of fused-ring (bicyclic) bond motifs is 2. The molecule has 234 valence electrons. The van der Waals surface area contributed by atoms with Gasteiger partial charge in [-0.25, -0.2) is 0 Å². The molecule has 9 nitrogen and oxygen atoms in total. The Labute approximate surface area is 261 Å². The van der Waals surface area contributed by atoms with Crippen LogP contribution in [0.1, 0.15) is 80.3 Å². The van der Waals surface area contributed by atoms with Gasteiger partial charge in [-0.2, -0.15) is 10.2 Å². The Morgan fingerprint density at radius 1 is 1.00 bits per heavy atom. The molecule has 4 aliphatic heterocycles. The molecule has 0 atom stereocenters. The summed E-state index contributed by atoms with van der Waals surface area (Å²) in [4.78, 5) is 19.8. The van der Waals surface area contributed by atoms with Gasteiger partial charge in [0.2, 0.25) is 5.91 Å². The number of benzene rings is 1. The largest absolute Gasteiger partial charge is 0.338 e. The van der Waals surface area contributed by atoms with Crippen molar-refractivity contribution in [1.29, 1.82) is 0 Å².